The minimum atomic E-state index is -1.44. The third-order valence-electron chi connectivity index (χ3n) is 0. The third kappa shape index (κ3) is 39.8. The molecule has 1 radical (unpaired) electrons. The molecule has 0 heterocycles. The molecule has 0 atom stereocenters. The predicted octanol–water partition coefficient (Wildman–Crippen LogP) is -0.245. The summed E-state index contributed by atoms with van der Waals surface area (Å²) in [6.45, 7) is 0. The average molecular weight is 205 g/mol. The molecule has 0 spiro atoms. The molecule has 0 bridgehead atoms. The van der Waals surface area contributed by atoms with Gasteiger partial charge in [-0.1, -0.05) is 0 Å². The van der Waals surface area contributed by atoms with E-state index in [2.05, 4.69) is 0 Å². The van der Waals surface area contributed by atoms with Crippen LogP contribution in [0.2, 0.25) is 0 Å². The summed E-state index contributed by atoms with van der Waals surface area (Å²) in [5.41, 5.74) is 0. The molecule has 0 aliphatic heterocycles. The van der Waals surface area contributed by atoms with E-state index >= 15 is 0 Å². The molecule has 0 saturated heterocycles. The van der Waals surface area contributed by atoms with E-state index in [-0.39, 0.29) is 33.3 Å². The van der Waals surface area contributed by atoms with E-state index in [1.54, 1.807) is 0 Å². The summed E-state index contributed by atoms with van der Waals surface area (Å²) in [5.74, 6) is 0. The monoisotopic (exact) mass is 204 g/mol. The fraction of sp³-hybridized carbons (Fsp3) is 0. The molecule has 0 fully saturated rings. The van der Waals surface area contributed by atoms with E-state index in [1.165, 1.54) is 0 Å². The van der Waals surface area contributed by atoms with Crippen molar-refractivity contribution in [3.05, 3.63) is 0 Å². The fourth-order valence-electron chi connectivity index (χ4n) is 0. The van der Waals surface area contributed by atoms with Gasteiger partial charge in [0.25, 0.3) is 0 Å². The Labute approximate surface area is 55.8 Å². The summed E-state index contributed by atoms with van der Waals surface area (Å²) in [6.07, 6.45) is 0. The first-order chi connectivity index (χ1) is 1.41. The van der Waals surface area contributed by atoms with Crippen molar-refractivity contribution >= 4 is 0 Å². The molecule has 5 heavy (non-hydrogen) atoms. The summed E-state index contributed by atoms with van der Waals surface area (Å²) in [5, 5.41) is 0. The van der Waals surface area contributed by atoms with E-state index in [4.69, 9.17) is 7.67 Å². The number of rotatable bonds is 0. The number of hydrogen-bond donors (Lipinski definition) is 0. The van der Waals surface area contributed by atoms with Crippen molar-refractivity contribution in [2.45, 2.75) is 0 Å². The Morgan fingerprint density at radius 3 is 1.20 bits per heavy atom. The van der Waals surface area contributed by atoms with Crippen LogP contribution in [0.4, 0.5) is 0 Å². The summed E-state index contributed by atoms with van der Waals surface area (Å²) in [7, 11) is 0. The van der Waals surface area contributed by atoms with Gasteiger partial charge in [0, 0.05) is 33.3 Å². The van der Waals surface area contributed by atoms with Crippen LogP contribution in [-0.2, 0) is 55.8 Å². The van der Waals surface area contributed by atoms with Crippen molar-refractivity contribution in [1.82, 2.24) is 0 Å². The molecule has 0 aliphatic carbocycles. The molecule has 0 aromatic carbocycles. The molecule has 0 saturated carbocycles. The van der Waals surface area contributed by atoms with E-state index in [0.717, 1.165) is 0 Å². The normalized spacial score (nSPS) is 2.40. The van der Waals surface area contributed by atoms with E-state index in [9.17, 15) is 0 Å². The molecule has 0 aromatic heterocycles. The van der Waals surface area contributed by atoms with Gasteiger partial charge in [-0.2, -0.15) is 0 Å². The van der Waals surface area contributed by atoms with Gasteiger partial charge >= 0.3 is 22.5 Å². The fourth-order valence-corrected chi connectivity index (χ4v) is 0. The zero-order valence-electron chi connectivity index (χ0n) is 1.84. The molecular weight excluding hydrogens is 205 g/mol. The Morgan fingerprint density at radius 2 is 1.20 bits per heavy atom. The molecule has 0 unspecified atom stereocenters. The van der Waals surface area contributed by atoms with Crippen LogP contribution in [0, 0.1) is 0 Å². The van der Waals surface area contributed by atoms with Crippen molar-refractivity contribution < 1.29 is 55.8 Å². The standard InChI is InChI=1S/Co.Mn.Ni.2O. The second-order valence-corrected chi connectivity index (χ2v) is 0.260. The Bertz CT molecular complexity index is 30.6. The van der Waals surface area contributed by atoms with E-state index in [1.807, 2.05) is 0 Å². The zero-order chi connectivity index (χ0) is 2.71. The van der Waals surface area contributed by atoms with Crippen LogP contribution in [-0.4, -0.2) is 0 Å². The van der Waals surface area contributed by atoms with Gasteiger partial charge in [0.05, 0.1) is 0 Å². The number of hydrogen-bond acceptors (Lipinski definition) is 2. The van der Waals surface area contributed by atoms with Gasteiger partial charge in [-0.3, -0.25) is 0 Å². The molecule has 0 rings (SSSR count). The maximum absolute atomic E-state index is 8.41. The topological polar surface area (TPSA) is 34.1 Å². The van der Waals surface area contributed by atoms with E-state index in [0.29, 0.717) is 0 Å². The van der Waals surface area contributed by atoms with Crippen LogP contribution in [0.25, 0.3) is 0 Å². The Morgan fingerprint density at radius 1 is 1.20 bits per heavy atom. The molecule has 0 N–H and O–H groups in total. The van der Waals surface area contributed by atoms with Gasteiger partial charge in [0.1, 0.15) is 0 Å². The second kappa shape index (κ2) is 19.3. The Hall–Kier alpha value is 1.12. The van der Waals surface area contributed by atoms with Gasteiger partial charge in [0.2, 0.25) is 0 Å². The summed E-state index contributed by atoms with van der Waals surface area (Å²) in [4.78, 5) is 0. The maximum atomic E-state index is 8.41. The van der Waals surface area contributed by atoms with Crippen molar-refractivity contribution in [3.63, 3.8) is 0 Å². The van der Waals surface area contributed by atoms with Gasteiger partial charge in [-0.15, -0.1) is 0 Å². The first-order valence-corrected chi connectivity index (χ1v) is 1.27. The third-order valence-corrected chi connectivity index (χ3v) is 0. The Balaban J connectivity index is -0.0000000200. The van der Waals surface area contributed by atoms with Crippen LogP contribution >= 0.6 is 0 Å². The summed E-state index contributed by atoms with van der Waals surface area (Å²) in [6, 6.07) is 0. The van der Waals surface area contributed by atoms with Crippen LogP contribution < -0.4 is 0 Å². The van der Waals surface area contributed by atoms with Crippen LogP contribution in [0.15, 0.2) is 0 Å². The van der Waals surface area contributed by atoms with Crippen molar-refractivity contribution in [2.24, 2.45) is 0 Å². The molecule has 0 amide bonds. The first-order valence-electron chi connectivity index (χ1n) is 0.309. The van der Waals surface area contributed by atoms with Crippen LogP contribution in [0.3, 0.4) is 0 Å². The molecule has 2 nitrogen and oxygen atoms in total. The molecule has 0 aliphatic rings. The summed E-state index contributed by atoms with van der Waals surface area (Å²) >= 11 is -1.44. The van der Waals surface area contributed by atoms with E-state index < -0.39 is 14.8 Å². The molecule has 38 valence electrons. The Kier molecular flexibility index (Phi) is 63.8. The molecule has 0 aromatic rings. The van der Waals surface area contributed by atoms with Gasteiger partial charge in [0.15, 0.2) is 0 Å². The van der Waals surface area contributed by atoms with Gasteiger partial charge in [-0.05, 0) is 0 Å². The average Bonchev–Trinajstić information content (AvgIpc) is 0.918. The van der Waals surface area contributed by atoms with Crippen molar-refractivity contribution in [3.8, 4) is 0 Å². The van der Waals surface area contributed by atoms with Crippen molar-refractivity contribution in [2.75, 3.05) is 0 Å². The quantitative estimate of drug-likeness (QED) is 0.510. The predicted molar refractivity (Wildman–Crippen MR) is 1.37 cm³/mol. The first kappa shape index (κ1) is 16.5. The van der Waals surface area contributed by atoms with Gasteiger partial charge in [-0.25, -0.2) is 0 Å². The SMILES string of the molecule is [Co].[Ni].[O]=[Mn]=[O]. The van der Waals surface area contributed by atoms with Gasteiger partial charge < -0.3 is 0 Å². The van der Waals surface area contributed by atoms with Crippen LogP contribution in [0.5, 0.6) is 0 Å². The molecular formula is CoMnNiO2. The van der Waals surface area contributed by atoms with Crippen LogP contribution in [0.1, 0.15) is 0 Å². The molecule has 5 heteroatoms. The van der Waals surface area contributed by atoms with Crippen molar-refractivity contribution in [1.29, 1.82) is 0 Å². The zero-order valence-corrected chi connectivity index (χ0v) is 5.05. The minimum absolute atomic E-state index is 0. The second-order valence-electron chi connectivity index (χ2n) is 0.0630. The summed E-state index contributed by atoms with van der Waals surface area (Å²) < 4.78 is 16.8.